The van der Waals surface area contributed by atoms with Gasteiger partial charge in [-0.3, -0.25) is 4.79 Å². The standard InChI is InChI=1S/C23H32N4O4S/c1-25(2)32(29,30)21-10-11-22(31-4)18(17-21)5-12-23(28)24-19-6-8-20(9-7-19)27-15-13-26(3)14-16-27/h6-11,17H,5,12-16H2,1-4H3,(H,24,28). The van der Waals surface area contributed by atoms with Crippen molar-refractivity contribution in [1.29, 1.82) is 0 Å². The number of rotatable bonds is 8. The lowest BCUT2D eigenvalue weighted by molar-refractivity contribution is -0.116. The summed E-state index contributed by atoms with van der Waals surface area (Å²) in [4.78, 5) is 17.3. The predicted molar refractivity (Wildman–Crippen MR) is 127 cm³/mol. The molecular formula is C23H32N4O4S. The van der Waals surface area contributed by atoms with E-state index in [4.69, 9.17) is 4.74 Å². The highest BCUT2D eigenvalue weighted by molar-refractivity contribution is 7.89. The van der Waals surface area contributed by atoms with Crippen LogP contribution >= 0.6 is 0 Å². The molecule has 0 atom stereocenters. The Morgan fingerprint density at radius 3 is 2.31 bits per heavy atom. The van der Waals surface area contributed by atoms with E-state index in [0.29, 0.717) is 17.7 Å². The average molecular weight is 461 g/mol. The molecule has 0 aliphatic carbocycles. The Labute approximate surface area is 190 Å². The maximum Gasteiger partial charge on any atom is 0.242 e. The maximum atomic E-state index is 12.5. The van der Waals surface area contributed by atoms with Crippen molar-refractivity contribution in [3.05, 3.63) is 48.0 Å². The first-order valence-electron chi connectivity index (χ1n) is 10.6. The maximum absolute atomic E-state index is 12.5. The number of carbonyl (C=O) groups excluding carboxylic acids is 1. The Morgan fingerprint density at radius 2 is 1.72 bits per heavy atom. The minimum absolute atomic E-state index is 0.139. The van der Waals surface area contributed by atoms with Crippen molar-refractivity contribution in [2.45, 2.75) is 17.7 Å². The van der Waals surface area contributed by atoms with E-state index in [1.165, 1.54) is 27.3 Å². The van der Waals surface area contributed by atoms with Crippen molar-refractivity contribution < 1.29 is 17.9 Å². The number of piperazine rings is 1. The SMILES string of the molecule is COc1ccc(S(=O)(=O)N(C)C)cc1CCC(=O)Nc1ccc(N2CCN(C)CC2)cc1. The van der Waals surface area contributed by atoms with Crippen LogP contribution in [0.1, 0.15) is 12.0 Å². The molecular weight excluding hydrogens is 428 g/mol. The second-order valence-electron chi connectivity index (χ2n) is 8.15. The van der Waals surface area contributed by atoms with Gasteiger partial charge >= 0.3 is 0 Å². The number of nitrogens with zero attached hydrogens (tertiary/aromatic N) is 3. The van der Waals surface area contributed by atoms with E-state index in [9.17, 15) is 13.2 Å². The van der Waals surface area contributed by atoms with Gasteiger partial charge in [-0.2, -0.15) is 0 Å². The van der Waals surface area contributed by atoms with Crippen LogP contribution in [0.2, 0.25) is 0 Å². The van der Waals surface area contributed by atoms with E-state index in [1.807, 2.05) is 24.3 Å². The van der Waals surface area contributed by atoms with Gasteiger partial charge < -0.3 is 19.9 Å². The zero-order valence-corrected chi connectivity index (χ0v) is 20.0. The zero-order chi connectivity index (χ0) is 23.3. The van der Waals surface area contributed by atoms with E-state index in [2.05, 4.69) is 22.2 Å². The predicted octanol–water partition coefficient (Wildman–Crippen LogP) is 2.27. The van der Waals surface area contributed by atoms with Gasteiger partial charge in [0, 0.05) is 58.1 Å². The van der Waals surface area contributed by atoms with Gasteiger partial charge in [-0.25, -0.2) is 12.7 Å². The van der Waals surface area contributed by atoms with Crippen LogP contribution in [0.15, 0.2) is 47.4 Å². The summed E-state index contributed by atoms with van der Waals surface area (Å²) >= 11 is 0. The van der Waals surface area contributed by atoms with Crippen LogP contribution in [0, 0.1) is 0 Å². The number of amides is 1. The first-order valence-corrected chi connectivity index (χ1v) is 12.1. The normalized spacial score (nSPS) is 15.1. The number of aryl methyl sites for hydroxylation is 1. The molecule has 1 fully saturated rings. The van der Waals surface area contributed by atoms with Crippen molar-refractivity contribution >= 4 is 27.3 Å². The van der Waals surface area contributed by atoms with Crippen molar-refractivity contribution in [2.24, 2.45) is 0 Å². The van der Waals surface area contributed by atoms with Gasteiger partial charge in [0.1, 0.15) is 5.75 Å². The first-order chi connectivity index (χ1) is 15.2. The molecule has 8 nitrogen and oxygen atoms in total. The molecule has 1 aliphatic heterocycles. The lowest BCUT2D eigenvalue weighted by Gasteiger charge is -2.34. The van der Waals surface area contributed by atoms with Gasteiger partial charge in [0.25, 0.3) is 0 Å². The third-order valence-electron chi connectivity index (χ3n) is 5.67. The van der Waals surface area contributed by atoms with Gasteiger partial charge in [-0.1, -0.05) is 0 Å². The number of sulfonamides is 1. The summed E-state index contributed by atoms with van der Waals surface area (Å²) < 4.78 is 31.4. The number of hydrogen-bond acceptors (Lipinski definition) is 6. The monoisotopic (exact) mass is 460 g/mol. The molecule has 9 heteroatoms. The minimum atomic E-state index is -3.56. The Morgan fingerprint density at radius 1 is 1.06 bits per heavy atom. The molecule has 0 saturated carbocycles. The van der Waals surface area contributed by atoms with Crippen molar-refractivity contribution in [3.63, 3.8) is 0 Å². The molecule has 1 aliphatic rings. The van der Waals surface area contributed by atoms with Crippen molar-refractivity contribution in [1.82, 2.24) is 9.21 Å². The molecule has 2 aromatic carbocycles. The van der Waals surface area contributed by atoms with Crippen LogP contribution < -0.4 is 15.0 Å². The molecule has 0 aromatic heterocycles. The van der Waals surface area contributed by atoms with E-state index in [0.717, 1.165) is 41.9 Å². The van der Waals surface area contributed by atoms with Crippen LogP contribution in [0.3, 0.4) is 0 Å². The molecule has 2 aromatic rings. The van der Waals surface area contributed by atoms with Crippen LogP contribution in [0.5, 0.6) is 5.75 Å². The van der Waals surface area contributed by atoms with Gasteiger partial charge in [-0.05, 0) is 61.5 Å². The molecule has 174 valence electrons. The molecule has 0 spiro atoms. The topological polar surface area (TPSA) is 82.2 Å². The fourth-order valence-corrected chi connectivity index (χ4v) is 4.57. The lowest BCUT2D eigenvalue weighted by Crippen LogP contribution is -2.44. The first kappa shape index (κ1) is 24.0. The van der Waals surface area contributed by atoms with Crippen molar-refractivity contribution in [3.8, 4) is 5.75 Å². The van der Waals surface area contributed by atoms with Gasteiger partial charge in [0.2, 0.25) is 15.9 Å². The van der Waals surface area contributed by atoms with Gasteiger partial charge in [-0.15, -0.1) is 0 Å². The molecule has 1 heterocycles. The largest absolute Gasteiger partial charge is 0.496 e. The molecule has 0 radical (unpaired) electrons. The molecule has 1 amide bonds. The van der Waals surface area contributed by atoms with E-state index in [-0.39, 0.29) is 17.2 Å². The molecule has 3 rings (SSSR count). The number of hydrogen-bond donors (Lipinski definition) is 1. The van der Waals surface area contributed by atoms with Crippen LogP contribution in [-0.2, 0) is 21.2 Å². The number of ether oxygens (including phenoxy) is 1. The fraction of sp³-hybridized carbons (Fsp3) is 0.435. The number of methoxy groups -OCH3 is 1. The second-order valence-corrected chi connectivity index (χ2v) is 10.3. The molecule has 32 heavy (non-hydrogen) atoms. The Bertz CT molecular complexity index is 1030. The van der Waals surface area contributed by atoms with Gasteiger partial charge in [0.15, 0.2) is 0 Å². The number of nitrogens with one attached hydrogen (secondary N) is 1. The lowest BCUT2D eigenvalue weighted by atomic mass is 10.1. The summed E-state index contributed by atoms with van der Waals surface area (Å²) in [7, 11) is 3.07. The van der Waals surface area contributed by atoms with Gasteiger partial charge in [0.05, 0.1) is 12.0 Å². The molecule has 1 saturated heterocycles. The number of anilines is 2. The molecule has 0 bridgehead atoms. The van der Waals surface area contributed by atoms with Crippen LogP contribution in [0.4, 0.5) is 11.4 Å². The third kappa shape index (κ3) is 5.79. The van der Waals surface area contributed by atoms with E-state index in [1.54, 1.807) is 12.1 Å². The highest BCUT2D eigenvalue weighted by atomic mass is 32.2. The number of benzene rings is 2. The summed E-state index contributed by atoms with van der Waals surface area (Å²) in [6.07, 6.45) is 0.577. The highest BCUT2D eigenvalue weighted by Gasteiger charge is 2.19. The molecule has 0 unspecified atom stereocenters. The smallest absolute Gasteiger partial charge is 0.242 e. The summed E-state index contributed by atoms with van der Waals surface area (Å²) in [5, 5.41) is 2.92. The number of likely N-dealkylation sites (N-methyl/N-ethyl adjacent to an activating group) is 1. The van der Waals surface area contributed by atoms with E-state index >= 15 is 0 Å². The Kier molecular flexibility index (Phi) is 7.76. The fourth-order valence-electron chi connectivity index (χ4n) is 3.61. The van der Waals surface area contributed by atoms with Crippen LogP contribution in [-0.4, -0.2) is 78.0 Å². The minimum Gasteiger partial charge on any atom is -0.496 e. The van der Waals surface area contributed by atoms with Crippen molar-refractivity contribution in [2.75, 3.05) is 64.6 Å². The van der Waals surface area contributed by atoms with Crippen LogP contribution in [0.25, 0.3) is 0 Å². The zero-order valence-electron chi connectivity index (χ0n) is 19.2. The summed E-state index contributed by atoms with van der Waals surface area (Å²) in [6, 6.07) is 12.6. The highest BCUT2D eigenvalue weighted by Crippen LogP contribution is 2.25. The third-order valence-corrected chi connectivity index (χ3v) is 7.48. The average Bonchev–Trinajstić information content (AvgIpc) is 2.78. The quantitative estimate of drug-likeness (QED) is 0.651. The molecule has 1 N–H and O–H groups in total. The summed E-state index contributed by atoms with van der Waals surface area (Å²) in [6.45, 7) is 4.07. The van der Waals surface area contributed by atoms with E-state index < -0.39 is 10.0 Å². The summed E-state index contributed by atoms with van der Waals surface area (Å²) in [5.74, 6) is 0.423. The summed E-state index contributed by atoms with van der Waals surface area (Å²) in [5.41, 5.74) is 2.57. The second kappa shape index (κ2) is 10.3. The Hall–Kier alpha value is -2.62. The number of carbonyl (C=O) groups is 1. The Balaban J connectivity index is 1.61.